The largest absolute Gasteiger partial charge is 0.327 e. The maximum atomic E-state index is 5.72. The van der Waals surface area contributed by atoms with E-state index in [0.717, 1.165) is 6.42 Å². The van der Waals surface area contributed by atoms with Crippen LogP contribution in [0.25, 0.3) is 0 Å². The van der Waals surface area contributed by atoms with Crippen LogP contribution in [0.3, 0.4) is 0 Å². The van der Waals surface area contributed by atoms with E-state index in [9.17, 15) is 0 Å². The van der Waals surface area contributed by atoms with Crippen LogP contribution in [0.15, 0.2) is 0 Å². The number of nitrogens with two attached hydrogens (primary N) is 1. The molecule has 0 saturated heterocycles. The van der Waals surface area contributed by atoms with Crippen LogP contribution in [0.5, 0.6) is 0 Å². The first-order chi connectivity index (χ1) is 4.70. The second-order valence-electron chi connectivity index (χ2n) is 2.92. The minimum Gasteiger partial charge on any atom is -0.327 e. The molecule has 2 N–H and O–H groups in total. The van der Waals surface area contributed by atoms with Crippen molar-refractivity contribution < 1.29 is 0 Å². The Balaban J connectivity index is 3.38. The van der Waals surface area contributed by atoms with Gasteiger partial charge in [-0.2, -0.15) is 0 Å². The van der Waals surface area contributed by atoms with Gasteiger partial charge in [-0.3, -0.25) is 0 Å². The molecule has 0 saturated carbocycles. The molecule has 0 aliphatic heterocycles. The third-order valence-electron chi connectivity index (χ3n) is 1.78. The van der Waals surface area contributed by atoms with Crippen LogP contribution in [-0.2, 0) is 0 Å². The fourth-order valence-electron chi connectivity index (χ4n) is 0.918. The zero-order valence-corrected chi connectivity index (χ0v) is 6.93. The average Bonchev–Trinajstić information content (AvgIpc) is 1.88. The van der Waals surface area contributed by atoms with E-state index in [4.69, 9.17) is 12.2 Å². The second kappa shape index (κ2) is 5.32. The van der Waals surface area contributed by atoms with E-state index in [1.165, 1.54) is 6.42 Å². The highest BCUT2D eigenvalue weighted by atomic mass is 14.6. The van der Waals surface area contributed by atoms with Gasteiger partial charge in [-0.1, -0.05) is 20.3 Å². The normalized spacial score (nSPS) is 15.8. The molecule has 0 fully saturated rings. The molecule has 0 spiro atoms. The molecule has 0 aromatic carbocycles. The van der Waals surface area contributed by atoms with Gasteiger partial charge in [0.1, 0.15) is 0 Å². The van der Waals surface area contributed by atoms with Crippen molar-refractivity contribution in [1.29, 1.82) is 0 Å². The summed E-state index contributed by atoms with van der Waals surface area (Å²) in [4.78, 5) is 0. The predicted molar refractivity (Wildman–Crippen MR) is 45.5 cm³/mol. The van der Waals surface area contributed by atoms with E-state index in [2.05, 4.69) is 19.8 Å². The van der Waals surface area contributed by atoms with E-state index in [1.807, 2.05) is 0 Å². The number of terminal acetylenes is 1. The standard InChI is InChI=1S/C9H17N/c1-4-6-9(10)7-8(3)5-2/h1,8-9H,5-7,10H2,2-3H3. The van der Waals surface area contributed by atoms with Crippen LogP contribution in [0, 0.1) is 18.3 Å². The molecule has 0 aromatic rings. The predicted octanol–water partition coefficient (Wildman–Crippen LogP) is 1.77. The number of rotatable bonds is 4. The summed E-state index contributed by atoms with van der Waals surface area (Å²) in [5.41, 5.74) is 5.72. The molecule has 0 aliphatic carbocycles. The zero-order chi connectivity index (χ0) is 7.98. The van der Waals surface area contributed by atoms with Crippen molar-refractivity contribution >= 4 is 0 Å². The summed E-state index contributed by atoms with van der Waals surface area (Å²) in [6.07, 6.45) is 8.08. The molecule has 1 heteroatoms. The van der Waals surface area contributed by atoms with Crippen molar-refractivity contribution in [3.63, 3.8) is 0 Å². The van der Waals surface area contributed by atoms with Crippen LogP contribution >= 0.6 is 0 Å². The van der Waals surface area contributed by atoms with Crippen LogP contribution < -0.4 is 5.73 Å². The fourth-order valence-corrected chi connectivity index (χ4v) is 0.918. The van der Waals surface area contributed by atoms with Crippen molar-refractivity contribution in [2.24, 2.45) is 11.7 Å². The highest BCUT2D eigenvalue weighted by molar-refractivity contribution is 4.88. The van der Waals surface area contributed by atoms with E-state index in [-0.39, 0.29) is 6.04 Å². The fraction of sp³-hybridized carbons (Fsp3) is 0.778. The summed E-state index contributed by atoms with van der Waals surface area (Å²) in [5.74, 6) is 3.28. The third-order valence-corrected chi connectivity index (χ3v) is 1.78. The molecule has 0 rings (SSSR count). The Morgan fingerprint density at radius 1 is 1.60 bits per heavy atom. The van der Waals surface area contributed by atoms with Crippen LogP contribution in [0.2, 0.25) is 0 Å². The van der Waals surface area contributed by atoms with Crippen LogP contribution in [0.4, 0.5) is 0 Å². The summed E-state index contributed by atoms with van der Waals surface area (Å²) in [6, 6.07) is 0.208. The van der Waals surface area contributed by atoms with E-state index >= 15 is 0 Å². The van der Waals surface area contributed by atoms with Crippen molar-refractivity contribution in [3.05, 3.63) is 0 Å². The molecule has 0 amide bonds. The smallest absolute Gasteiger partial charge is 0.0238 e. The lowest BCUT2D eigenvalue weighted by Crippen LogP contribution is -2.21. The quantitative estimate of drug-likeness (QED) is 0.590. The van der Waals surface area contributed by atoms with Gasteiger partial charge in [0.15, 0.2) is 0 Å². The molecule has 1 nitrogen and oxygen atoms in total. The first-order valence-electron chi connectivity index (χ1n) is 3.89. The summed E-state index contributed by atoms with van der Waals surface area (Å²) in [6.45, 7) is 4.38. The third kappa shape index (κ3) is 4.40. The van der Waals surface area contributed by atoms with Gasteiger partial charge in [0.05, 0.1) is 0 Å². The maximum Gasteiger partial charge on any atom is 0.0238 e. The van der Waals surface area contributed by atoms with Crippen molar-refractivity contribution in [3.8, 4) is 12.3 Å². The summed E-state index contributed by atoms with van der Waals surface area (Å²) in [7, 11) is 0. The van der Waals surface area contributed by atoms with Gasteiger partial charge in [-0.15, -0.1) is 12.3 Å². The molecule has 0 radical (unpaired) electrons. The topological polar surface area (TPSA) is 26.0 Å². The lowest BCUT2D eigenvalue weighted by atomic mass is 9.98. The molecule has 0 bridgehead atoms. The number of hydrogen-bond acceptors (Lipinski definition) is 1. The van der Waals surface area contributed by atoms with E-state index < -0.39 is 0 Å². The molecule has 0 aliphatic rings. The Labute approximate surface area is 64.0 Å². The van der Waals surface area contributed by atoms with Gasteiger partial charge in [-0.05, 0) is 12.3 Å². The molecular formula is C9H17N. The van der Waals surface area contributed by atoms with Crippen molar-refractivity contribution in [2.45, 2.75) is 39.2 Å². The van der Waals surface area contributed by atoms with Gasteiger partial charge >= 0.3 is 0 Å². The molecule has 2 unspecified atom stereocenters. The minimum absolute atomic E-state index is 0.208. The lowest BCUT2D eigenvalue weighted by molar-refractivity contribution is 0.456. The van der Waals surface area contributed by atoms with Crippen LogP contribution in [-0.4, -0.2) is 6.04 Å². The lowest BCUT2D eigenvalue weighted by Gasteiger charge is -2.12. The Hall–Kier alpha value is -0.480. The van der Waals surface area contributed by atoms with Crippen LogP contribution in [0.1, 0.15) is 33.1 Å². The Morgan fingerprint density at radius 3 is 2.60 bits per heavy atom. The van der Waals surface area contributed by atoms with E-state index in [0.29, 0.717) is 12.3 Å². The molecular weight excluding hydrogens is 122 g/mol. The van der Waals surface area contributed by atoms with Gasteiger partial charge in [-0.25, -0.2) is 0 Å². The summed E-state index contributed by atoms with van der Waals surface area (Å²) >= 11 is 0. The van der Waals surface area contributed by atoms with Gasteiger partial charge in [0.2, 0.25) is 0 Å². The average molecular weight is 139 g/mol. The zero-order valence-electron chi connectivity index (χ0n) is 6.93. The number of hydrogen-bond donors (Lipinski definition) is 1. The minimum atomic E-state index is 0.208. The molecule has 2 atom stereocenters. The Morgan fingerprint density at radius 2 is 2.20 bits per heavy atom. The SMILES string of the molecule is C#CCC(N)CC(C)CC. The highest BCUT2D eigenvalue weighted by Crippen LogP contribution is 2.09. The monoisotopic (exact) mass is 139 g/mol. The molecule has 0 heterocycles. The molecule has 10 heavy (non-hydrogen) atoms. The summed E-state index contributed by atoms with van der Waals surface area (Å²) < 4.78 is 0. The highest BCUT2D eigenvalue weighted by Gasteiger charge is 2.04. The Kier molecular flexibility index (Phi) is 5.06. The first-order valence-corrected chi connectivity index (χ1v) is 3.89. The van der Waals surface area contributed by atoms with E-state index in [1.54, 1.807) is 0 Å². The van der Waals surface area contributed by atoms with Crippen molar-refractivity contribution in [1.82, 2.24) is 0 Å². The molecule has 58 valence electrons. The van der Waals surface area contributed by atoms with Gasteiger partial charge < -0.3 is 5.73 Å². The summed E-state index contributed by atoms with van der Waals surface area (Å²) in [5, 5.41) is 0. The van der Waals surface area contributed by atoms with Gasteiger partial charge in [0.25, 0.3) is 0 Å². The Bertz CT molecular complexity index is 112. The van der Waals surface area contributed by atoms with Gasteiger partial charge in [0, 0.05) is 12.5 Å². The molecule has 0 aromatic heterocycles. The first kappa shape index (κ1) is 9.52. The maximum absolute atomic E-state index is 5.72. The second-order valence-corrected chi connectivity index (χ2v) is 2.92. The van der Waals surface area contributed by atoms with Crippen molar-refractivity contribution in [2.75, 3.05) is 0 Å².